The number of amides is 1. The molecule has 1 N–H and O–H groups in total. The minimum Gasteiger partial charge on any atom is -0.330 e. The largest absolute Gasteiger partial charge is 0.330 e. The van der Waals surface area contributed by atoms with Gasteiger partial charge in [0.15, 0.2) is 17.5 Å². The topological polar surface area (TPSA) is 66.8 Å². The van der Waals surface area contributed by atoms with Gasteiger partial charge >= 0.3 is 0 Å². The summed E-state index contributed by atoms with van der Waals surface area (Å²) in [7, 11) is 1.67. The smallest absolute Gasteiger partial charge is 0.254 e. The minimum atomic E-state index is -1.50. The summed E-state index contributed by atoms with van der Waals surface area (Å²) in [6.45, 7) is 2.29. The van der Waals surface area contributed by atoms with Gasteiger partial charge in [-0.3, -0.25) is 14.6 Å². The molecule has 1 atom stereocenters. The van der Waals surface area contributed by atoms with E-state index in [1.807, 2.05) is 19.1 Å². The fourth-order valence-electron chi connectivity index (χ4n) is 4.45. The zero-order chi connectivity index (χ0) is 23.3. The summed E-state index contributed by atoms with van der Waals surface area (Å²) < 4.78 is 42.7. The van der Waals surface area contributed by atoms with E-state index < -0.39 is 17.5 Å². The third-order valence-electron chi connectivity index (χ3n) is 6.12. The second kappa shape index (κ2) is 7.91. The molecule has 0 fully saturated rings. The molecule has 0 radical (unpaired) electrons. The first-order valence-corrected chi connectivity index (χ1v) is 10.5. The number of nitrogens with zero attached hydrogens (tertiary/aromatic N) is 4. The molecule has 2 aromatic heterocycles. The van der Waals surface area contributed by atoms with Crippen LogP contribution in [-0.2, 0) is 13.5 Å². The predicted molar refractivity (Wildman–Crippen MR) is 116 cm³/mol. The van der Waals surface area contributed by atoms with Gasteiger partial charge in [0.1, 0.15) is 0 Å². The molecule has 0 saturated heterocycles. The highest BCUT2D eigenvalue weighted by molar-refractivity contribution is 5.95. The fourth-order valence-corrected chi connectivity index (χ4v) is 4.45. The van der Waals surface area contributed by atoms with Crippen molar-refractivity contribution < 1.29 is 18.0 Å². The Balaban J connectivity index is 1.44. The molecule has 1 aliphatic heterocycles. The lowest BCUT2D eigenvalue weighted by molar-refractivity contribution is 0.0673. The van der Waals surface area contributed by atoms with Gasteiger partial charge in [-0.15, -0.1) is 0 Å². The van der Waals surface area contributed by atoms with E-state index in [0.717, 1.165) is 28.8 Å². The van der Waals surface area contributed by atoms with E-state index >= 15 is 0 Å². The summed E-state index contributed by atoms with van der Waals surface area (Å²) in [6, 6.07) is 8.90. The number of H-pyrrole nitrogens is 1. The fraction of sp³-hybridized carbons (Fsp3) is 0.208. The van der Waals surface area contributed by atoms with Gasteiger partial charge in [0.05, 0.1) is 23.6 Å². The second-order valence-electron chi connectivity index (χ2n) is 8.08. The summed E-state index contributed by atoms with van der Waals surface area (Å²) in [4.78, 5) is 15.0. The van der Waals surface area contributed by atoms with Crippen LogP contribution in [0.3, 0.4) is 0 Å². The van der Waals surface area contributed by atoms with Gasteiger partial charge in [-0.2, -0.15) is 10.2 Å². The zero-order valence-electron chi connectivity index (χ0n) is 17.9. The van der Waals surface area contributed by atoms with Crippen molar-refractivity contribution in [2.45, 2.75) is 19.4 Å². The molecule has 4 aromatic rings. The summed E-state index contributed by atoms with van der Waals surface area (Å²) >= 11 is 0. The maximum Gasteiger partial charge on any atom is 0.254 e. The van der Waals surface area contributed by atoms with Gasteiger partial charge in [0.25, 0.3) is 5.91 Å². The van der Waals surface area contributed by atoms with Crippen LogP contribution >= 0.6 is 0 Å². The SMILES string of the molecule is C[C@H]1c2nn(C)c(-c3cc(F)c(F)c(F)c3)c2CCN1C(=O)c1ccc(-c2cn[nH]c2)cc1. The molecule has 1 aliphatic rings. The molecule has 0 saturated carbocycles. The summed E-state index contributed by atoms with van der Waals surface area (Å²) in [6.07, 6.45) is 3.95. The molecule has 0 aliphatic carbocycles. The lowest BCUT2D eigenvalue weighted by Crippen LogP contribution is -2.38. The predicted octanol–water partition coefficient (Wildman–Crippen LogP) is 4.65. The van der Waals surface area contributed by atoms with Gasteiger partial charge in [0.2, 0.25) is 0 Å². The lowest BCUT2D eigenvalue weighted by Gasteiger charge is -2.33. The maximum absolute atomic E-state index is 13.8. The monoisotopic (exact) mass is 451 g/mol. The van der Waals surface area contributed by atoms with Crippen LogP contribution in [-0.4, -0.2) is 37.3 Å². The Bertz CT molecular complexity index is 1320. The number of aromatic nitrogens is 4. The average Bonchev–Trinajstić information content (AvgIpc) is 3.45. The first kappa shape index (κ1) is 21.0. The normalized spacial score (nSPS) is 15.5. The van der Waals surface area contributed by atoms with Crippen molar-refractivity contribution in [2.24, 2.45) is 7.05 Å². The minimum absolute atomic E-state index is 0.127. The van der Waals surface area contributed by atoms with E-state index in [1.54, 1.807) is 36.5 Å². The van der Waals surface area contributed by atoms with Crippen molar-refractivity contribution in [1.82, 2.24) is 24.9 Å². The molecule has 9 heteroatoms. The van der Waals surface area contributed by atoms with Crippen LogP contribution in [0, 0.1) is 17.5 Å². The third kappa shape index (κ3) is 3.49. The molecule has 1 amide bonds. The van der Waals surface area contributed by atoms with Gasteiger partial charge in [-0.1, -0.05) is 12.1 Å². The van der Waals surface area contributed by atoms with Crippen LogP contribution in [0.25, 0.3) is 22.4 Å². The molecule has 33 heavy (non-hydrogen) atoms. The van der Waals surface area contributed by atoms with Crippen LogP contribution in [0.1, 0.15) is 34.6 Å². The zero-order valence-corrected chi connectivity index (χ0v) is 17.9. The van der Waals surface area contributed by atoms with Crippen LogP contribution in [0.15, 0.2) is 48.8 Å². The number of benzene rings is 2. The van der Waals surface area contributed by atoms with E-state index in [2.05, 4.69) is 15.3 Å². The Morgan fingerprint density at radius 2 is 1.76 bits per heavy atom. The van der Waals surface area contributed by atoms with Crippen molar-refractivity contribution >= 4 is 5.91 Å². The highest BCUT2D eigenvalue weighted by Crippen LogP contribution is 2.37. The van der Waals surface area contributed by atoms with Crippen LogP contribution in [0.2, 0.25) is 0 Å². The molecule has 2 aromatic carbocycles. The third-order valence-corrected chi connectivity index (χ3v) is 6.12. The molecule has 0 bridgehead atoms. The van der Waals surface area contributed by atoms with E-state index in [1.165, 1.54) is 4.68 Å². The number of hydrogen-bond donors (Lipinski definition) is 1. The van der Waals surface area contributed by atoms with E-state index in [4.69, 9.17) is 0 Å². The van der Waals surface area contributed by atoms with Crippen molar-refractivity contribution in [3.63, 3.8) is 0 Å². The Hall–Kier alpha value is -3.88. The quantitative estimate of drug-likeness (QED) is 0.461. The number of hydrogen-bond acceptors (Lipinski definition) is 3. The Morgan fingerprint density at radius 3 is 2.39 bits per heavy atom. The summed E-state index contributed by atoms with van der Waals surface area (Å²) in [5, 5.41) is 11.2. The highest BCUT2D eigenvalue weighted by atomic mass is 19.2. The summed E-state index contributed by atoms with van der Waals surface area (Å²) in [5.74, 6) is -4.13. The molecule has 0 unspecified atom stereocenters. The number of carbonyl (C=O) groups is 1. The Morgan fingerprint density at radius 1 is 1.06 bits per heavy atom. The summed E-state index contributed by atoms with van der Waals surface area (Å²) in [5.41, 5.74) is 4.62. The van der Waals surface area contributed by atoms with E-state index in [-0.39, 0.29) is 17.5 Å². The van der Waals surface area contributed by atoms with Gasteiger partial charge in [0, 0.05) is 42.0 Å². The van der Waals surface area contributed by atoms with Gasteiger partial charge < -0.3 is 4.90 Å². The van der Waals surface area contributed by atoms with Crippen LogP contribution in [0.5, 0.6) is 0 Å². The molecular weight excluding hydrogens is 431 g/mol. The maximum atomic E-state index is 13.8. The number of rotatable bonds is 3. The number of aromatic amines is 1. The van der Waals surface area contributed by atoms with Crippen molar-refractivity contribution in [2.75, 3.05) is 6.54 Å². The number of aryl methyl sites for hydroxylation is 1. The van der Waals surface area contributed by atoms with Crippen molar-refractivity contribution in [3.8, 4) is 22.4 Å². The first-order chi connectivity index (χ1) is 15.8. The number of halogens is 3. The van der Waals surface area contributed by atoms with E-state index in [9.17, 15) is 18.0 Å². The standard InChI is InChI=1S/C24H20F3N5O/c1-13-22-18(23(31(2)30-22)16-9-19(25)21(27)20(26)10-16)7-8-32(13)24(33)15-5-3-14(4-6-15)17-11-28-29-12-17/h3-6,9-13H,7-8H2,1-2H3,(H,28,29)/t13-/m0/s1. The molecular formula is C24H20F3N5O. The second-order valence-corrected chi connectivity index (χ2v) is 8.08. The molecule has 3 heterocycles. The van der Waals surface area contributed by atoms with Crippen LogP contribution < -0.4 is 0 Å². The molecule has 168 valence electrons. The van der Waals surface area contributed by atoms with Gasteiger partial charge in [-0.25, -0.2) is 13.2 Å². The number of nitrogens with one attached hydrogen (secondary N) is 1. The highest BCUT2D eigenvalue weighted by Gasteiger charge is 2.33. The molecule has 0 spiro atoms. The number of carbonyl (C=O) groups excluding carboxylic acids is 1. The van der Waals surface area contributed by atoms with E-state index in [0.29, 0.717) is 29.9 Å². The first-order valence-electron chi connectivity index (χ1n) is 10.5. The van der Waals surface area contributed by atoms with Gasteiger partial charge in [-0.05, 0) is 43.2 Å². The molecule has 6 nitrogen and oxygen atoms in total. The Labute approximate surface area is 187 Å². The van der Waals surface area contributed by atoms with Crippen LogP contribution in [0.4, 0.5) is 13.2 Å². The average molecular weight is 451 g/mol. The molecule has 5 rings (SSSR count). The number of fused-ring (bicyclic) bond motifs is 1. The van der Waals surface area contributed by atoms with Crippen molar-refractivity contribution in [3.05, 3.63) is 83.1 Å². The Kier molecular flexibility index (Phi) is 5.03. The lowest BCUT2D eigenvalue weighted by atomic mass is 9.94. The van der Waals surface area contributed by atoms with Crippen molar-refractivity contribution in [1.29, 1.82) is 0 Å².